The molecule has 1 aromatic rings. The first-order chi connectivity index (χ1) is 8.10. The lowest BCUT2D eigenvalue weighted by Gasteiger charge is -2.21. The fourth-order valence-electron chi connectivity index (χ4n) is 1.68. The number of benzene rings is 1. The van der Waals surface area contributed by atoms with Gasteiger partial charge in [-0.3, -0.25) is 4.79 Å². The molecule has 0 aliphatic heterocycles. The number of hydrogen-bond donors (Lipinski definition) is 1. The van der Waals surface area contributed by atoms with Crippen LogP contribution in [0.2, 0.25) is 0 Å². The predicted molar refractivity (Wildman–Crippen MR) is 69.8 cm³/mol. The Kier molecular flexibility index (Phi) is 5.29. The van der Waals surface area contributed by atoms with Gasteiger partial charge in [0.1, 0.15) is 5.75 Å². The van der Waals surface area contributed by atoms with Crippen LogP contribution in [0.1, 0.15) is 29.3 Å². The van der Waals surface area contributed by atoms with Gasteiger partial charge in [0.25, 0.3) is 5.91 Å². The maximum Gasteiger partial charge on any atom is 0.257 e. The Morgan fingerprint density at radius 3 is 2.71 bits per heavy atom. The molecule has 0 saturated carbocycles. The summed E-state index contributed by atoms with van der Waals surface area (Å²) in [6.07, 6.45) is 0.870. The van der Waals surface area contributed by atoms with Crippen LogP contribution in [0, 0.1) is 6.92 Å². The van der Waals surface area contributed by atoms with Crippen LogP contribution < -0.4 is 0 Å². The van der Waals surface area contributed by atoms with Crippen molar-refractivity contribution in [2.75, 3.05) is 19.0 Å². The van der Waals surface area contributed by atoms with Gasteiger partial charge in [0.2, 0.25) is 0 Å². The molecule has 94 valence electrons. The minimum absolute atomic E-state index is 0.0243. The molecule has 0 aliphatic rings. The molecule has 1 aromatic carbocycles. The average Bonchev–Trinajstić information content (AvgIpc) is 2.31. The number of alkyl halides is 1. The Morgan fingerprint density at radius 2 is 2.12 bits per heavy atom. The van der Waals surface area contributed by atoms with Crippen molar-refractivity contribution in [3.05, 3.63) is 29.3 Å². The summed E-state index contributed by atoms with van der Waals surface area (Å²) in [4.78, 5) is 13.9. The second-order valence-electron chi connectivity index (χ2n) is 4.00. The third-order valence-corrected chi connectivity index (χ3v) is 2.69. The molecule has 0 aromatic heterocycles. The molecule has 0 radical (unpaired) electrons. The molecule has 0 unspecified atom stereocenters. The maximum atomic E-state index is 12.2. The molecule has 3 nitrogen and oxygen atoms in total. The molecule has 17 heavy (non-hydrogen) atoms. The number of aromatic hydroxyl groups is 1. The van der Waals surface area contributed by atoms with Gasteiger partial charge >= 0.3 is 0 Å². The minimum atomic E-state index is -0.159. The monoisotopic (exact) mass is 255 g/mol. The Labute approximate surface area is 107 Å². The zero-order valence-corrected chi connectivity index (χ0v) is 11.0. The Balaban J connectivity index is 2.95. The molecule has 0 spiro atoms. The molecule has 0 fully saturated rings. The molecular weight excluding hydrogens is 238 g/mol. The third kappa shape index (κ3) is 3.63. The van der Waals surface area contributed by atoms with Gasteiger partial charge in [-0.05, 0) is 25.5 Å². The summed E-state index contributed by atoms with van der Waals surface area (Å²) in [6, 6.07) is 5.03. The van der Waals surface area contributed by atoms with E-state index < -0.39 is 0 Å². The highest BCUT2D eigenvalue weighted by Gasteiger charge is 2.17. The van der Waals surface area contributed by atoms with E-state index in [4.69, 9.17) is 11.6 Å². The van der Waals surface area contributed by atoms with E-state index in [0.29, 0.717) is 24.5 Å². The lowest BCUT2D eigenvalue weighted by Crippen LogP contribution is -2.33. The van der Waals surface area contributed by atoms with Gasteiger partial charge in [-0.25, -0.2) is 0 Å². The number of amides is 1. The van der Waals surface area contributed by atoms with Crippen molar-refractivity contribution in [2.45, 2.75) is 20.3 Å². The molecule has 1 amide bonds. The quantitative estimate of drug-likeness (QED) is 0.822. The molecule has 0 atom stereocenters. The second kappa shape index (κ2) is 6.50. The Morgan fingerprint density at radius 1 is 1.41 bits per heavy atom. The first-order valence-electron chi connectivity index (χ1n) is 5.75. The molecule has 4 heteroatoms. The SMILES string of the molecule is CCCN(CCCl)C(=O)c1cc(C)ccc1O. The van der Waals surface area contributed by atoms with Crippen LogP contribution in [-0.4, -0.2) is 34.9 Å². The van der Waals surface area contributed by atoms with Gasteiger partial charge < -0.3 is 10.0 Å². The van der Waals surface area contributed by atoms with E-state index >= 15 is 0 Å². The summed E-state index contributed by atoms with van der Waals surface area (Å²) in [5.74, 6) is 0.267. The fraction of sp³-hybridized carbons (Fsp3) is 0.462. The number of phenols is 1. The van der Waals surface area contributed by atoms with Crippen LogP contribution in [0.3, 0.4) is 0 Å². The van der Waals surface area contributed by atoms with Crippen molar-refractivity contribution in [3.8, 4) is 5.75 Å². The van der Waals surface area contributed by atoms with Crippen molar-refractivity contribution in [1.82, 2.24) is 4.90 Å². The van der Waals surface area contributed by atoms with Gasteiger partial charge in [-0.15, -0.1) is 11.6 Å². The molecule has 0 bridgehead atoms. The Hall–Kier alpha value is -1.22. The molecule has 0 saturated heterocycles. The summed E-state index contributed by atoms with van der Waals surface area (Å²) in [7, 11) is 0. The minimum Gasteiger partial charge on any atom is -0.507 e. The lowest BCUT2D eigenvalue weighted by atomic mass is 10.1. The standard InChI is InChI=1S/C13H18ClNO2/c1-3-7-15(8-6-14)13(17)11-9-10(2)4-5-12(11)16/h4-5,9,16H,3,6-8H2,1-2H3. The number of phenolic OH excluding ortho intramolecular Hbond substituents is 1. The zero-order chi connectivity index (χ0) is 12.8. The van der Waals surface area contributed by atoms with Crippen LogP contribution in [-0.2, 0) is 0 Å². The van der Waals surface area contributed by atoms with Crippen LogP contribution in [0.5, 0.6) is 5.75 Å². The highest BCUT2D eigenvalue weighted by Crippen LogP contribution is 2.20. The van der Waals surface area contributed by atoms with E-state index in [1.165, 1.54) is 0 Å². The lowest BCUT2D eigenvalue weighted by molar-refractivity contribution is 0.0762. The smallest absolute Gasteiger partial charge is 0.257 e. The molecular formula is C13H18ClNO2. The maximum absolute atomic E-state index is 12.2. The number of carbonyl (C=O) groups excluding carboxylic acids is 1. The summed E-state index contributed by atoms with van der Waals surface area (Å²) in [5, 5.41) is 9.71. The number of hydrogen-bond acceptors (Lipinski definition) is 2. The second-order valence-corrected chi connectivity index (χ2v) is 4.38. The number of nitrogens with zero attached hydrogens (tertiary/aromatic N) is 1. The number of rotatable bonds is 5. The molecule has 1 N–H and O–H groups in total. The van der Waals surface area contributed by atoms with Crippen LogP contribution in [0.15, 0.2) is 18.2 Å². The summed E-state index contributed by atoms with van der Waals surface area (Å²) in [5.41, 5.74) is 1.30. The number of aryl methyl sites for hydroxylation is 1. The van der Waals surface area contributed by atoms with Gasteiger partial charge in [0.05, 0.1) is 5.56 Å². The van der Waals surface area contributed by atoms with Gasteiger partial charge in [-0.1, -0.05) is 18.6 Å². The van der Waals surface area contributed by atoms with E-state index in [9.17, 15) is 9.90 Å². The number of carbonyl (C=O) groups is 1. The van der Waals surface area contributed by atoms with Crippen LogP contribution in [0.4, 0.5) is 0 Å². The van der Waals surface area contributed by atoms with E-state index in [1.54, 1.807) is 23.1 Å². The van der Waals surface area contributed by atoms with Crippen molar-refractivity contribution in [1.29, 1.82) is 0 Å². The van der Waals surface area contributed by atoms with Crippen molar-refractivity contribution < 1.29 is 9.90 Å². The third-order valence-electron chi connectivity index (χ3n) is 2.52. The number of halogens is 1. The highest BCUT2D eigenvalue weighted by atomic mass is 35.5. The molecule has 0 heterocycles. The highest BCUT2D eigenvalue weighted by molar-refractivity contribution is 6.18. The average molecular weight is 256 g/mol. The summed E-state index contributed by atoms with van der Waals surface area (Å²) in [6.45, 7) is 5.05. The topological polar surface area (TPSA) is 40.5 Å². The van der Waals surface area contributed by atoms with Crippen molar-refractivity contribution in [2.24, 2.45) is 0 Å². The van der Waals surface area contributed by atoms with E-state index in [1.807, 2.05) is 13.8 Å². The van der Waals surface area contributed by atoms with Crippen LogP contribution >= 0.6 is 11.6 Å². The normalized spacial score (nSPS) is 10.3. The molecule has 0 aliphatic carbocycles. The fourth-order valence-corrected chi connectivity index (χ4v) is 1.88. The van der Waals surface area contributed by atoms with Gasteiger partial charge in [0.15, 0.2) is 0 Å². The summed E-state index contributed by atoms with van der Waals surface area (Å²) >= 11 is 5.68. The van der Waals surface area contributed by atoms with Crippen molar-refractivity contribution in [3.63, 3.8) is 0 Å². The van der Waals surface area contributed by atoms with Gasteiger partial charge in [0, 0.05) is 19.0 Å². The Bertz CT molecular complexity index is 387. The van der Waals surface area contributed by atoms with E-state index in [0.717, 1.165) is 12.0 Å². The van der Waals surface area contributed by atoms with Crippen LogP contribution in [0.25, 0.3) is 0 Å². The van der Waals surface area contributed by atoms with E-state index in [2.05, 4.69) is 0 Å². The van der Waals surface area contributed by atoms with Gasteiger partial charge in [-0.2, -0.15) is 0 Å². The molecule has 1 rings (SSSR count). The van der Waals surface area contributed by atoms with Crippen molar-refractivity contribution >= 4 is 17.5 Å². The predicted octanol–water partition coefficient (Wildman–Crippen LogP) is 2.79. The zero-order valence-electron chi connectivity index (χ0n) is 10.2. The van der Waals surface area contributed by atoms with E-state index in [-0.39, 0.29) is 11.7 Å². The first kappa shape index (κ1) is 13.8. The largest absolute Gasteiger partial charge is 0.507 e. The summed E-state index contributed by atoms with van der Waals surface area (Å²) < 4.78 is 0. The first-order valence-corrected chi connectivity index (χ1v) is 6.28.